The summed E-state index contributed by atoms with van der Waals surface area (Å²) in [6.07, 6.45) is 4.10. The minimum Gasteiger partial charge on any atom is -0.496 e. The average Bonchev–Trinajstić information content (AvgIpc) is 2.34. The second-order valence-corrected chi connectivity index (χ2v) is 5.13. The summed E-state index contributed by atoms with van der Waals surface area (Å²) >= 11 is 0. The number of hydrogen-bond donors (Lipinski definition) is 0. The third-order valence-corrected chi connectivity index (χ3v) is 3.64. The predicted octanol–water partition coefficient (Wildman–Crippen LogP) is 2.80. The molecule has 1 aliphatic carbocycles. The van der Waals surface area contributed by atoms with Crippen molar-refractivity contribution in [3.63, 3.8) is 0 Å². The van der Waals surface area contributed by atoms with Crippen molar-refractivity contribution >= 4 is 0 Å². The fraction of sp³-hybridized carbons (Fsp3) is 0.533. The zero-order valence-electron chi connectivity index (χ0n) is 11.1. The van der Waals surface area contributed by atoms with Gasteiger partial charge in [-0.1, -0.05) is 6.42 Å². The fourth-order valence-electron chi connectivity index (χ4n) is 2.44. The van der Waals surface area contributed by atoms with Crippen LogP contribution < -0.4 is 4.74 Å². The predicted molar refractivity (Wildman–Crippen MR) is 71.4 cm³/mol. The maximum atomic E-state index is 8.95. The summed E-state index contributed by atoms with van der Waals surface area (Å²) in [5, 5.41) is 8.95. The molecule has 18 heavy (non-hydrogen) atoms. The lowest BCUT2D eigenvalue weighted by molar-refractivity contribution is 0.199. The maximum absolute atomic E-state index is 8.95. The Labute approximate surface area is 109 Å². The molecule has 0 atom stereocenters. The van der Waals surface area contributed by atoms with E-state index in [1.165, 1.54) is 19.3 Å². The van der Waals surface area contributed by atoms with Crippen LogP contribution in [0, 0.1) is 17.2 Å². The van der Waals surface area contributed by atoms with E-state index in [2.05, 4.69) is 18.0 Å². The molecule has 1 fully saturated rings. The lowest BCUT2D eigenvalue weighted by Gasteiger charge is -2.30. The van der Waals surface area contributed by atoms with Gasteiger partial charge in [0, 0.05) is 18.7 Å². The van der Waals surface area contributed by atoms with Crippen molar-refractivity contribution in [2.75, 3.05) is 20.7 Å². The summed E-state index contributed by atoms with van der Waals surface area (Å²) in [5.74, 6) is 1.73. The normalized spacial score (nSPS) is 15.2. The molecule has 3 nitrogen and oxygen atoms in total. The summed E-state index contributed by atoms with van der Waals surface area (Å²) in [6.45, 7) is 1.98. The van der Waals surface area contributed by atoms with E-state index in [0.717, 1.165) is 30.3 Å². The fourth-order valence-corrected chi connectivity index (χ4v) is 2.44. The quantitative estimate of drug-likeness (QED) is 0.799. The van der Waals surface area contributed by atoms with Gasteiger partial charge in [0.1, 0.15) is 5.75 Å². The smallest absolute Gasteiger partial charge is 0.123 e. The van der Waals surface area contributed by atoms with Crippen LogP contribution >= 0.6 is 0 Å². The van der Waals surface area contributed by atoms with E-state index < -0.39 is 0 Å². The molecule has 1 aliphatic rings. The van der Waals surface area contributed by atoms with Gasteiger partial charge in [0.15, 0.2) is 0 Å². The van der Waals surface area contributed by atoms with Crippen LogP contribution in [-0.2, 0) is 6.54 Å². The van der Waals surface area contributed by atoms with Crippen LogP contribution in [0.15, 0.2) is 18.2 Å². The van der Waals surface area contributed by atoms with Gasteiger partial charge in [-0.15, -0.1) is 0 Å². The van der Waals surface area contributed by atoms with Crippen molar-refractivity contribution in [2.24, 2.45) is 5.92 Å². The summed E-state index contributed by atoms with van der Waals surface area (Å²) < 4.78 is 5.35. The average molecular weight is 244 g/mol. The lowest BCUT2D eigenvalue weighted by atomic mass is 9.85. The number of nitriles is 1. The molecule has 0 radical (unpaired) electrons. The molecular formula is C15H20N2O. The first-order valence-corrected chi connectivity index (χ1v) is 6.48. The third kappa shape index (κ3) is 3.02. The summed E-state index contributed by atoms with van der Waals surface area (Å²) in [6, 6.07) is 7.79. The van der Waals surface area contributed by atoms with E-state index in [1.807, 2.05) is 12.1 Å². The molecule has 0 bridgehead atoms. The molecule has 0 heterocycles. The van der Waals surface area contributed by atoms with E-state index in [1.54, 1.807) is 13.2 Å². The Bertz CT molecular complexity index is 446. The Morgan fingerprint density at radius 3 is 2.78 bits per heavy atom. The number of rotatable bonds is 5. The molecule has 1 aromatic carbocycles. The molecule has 1 saturated carbocycles. The molecule has 2 rings (SSSR count). The van der Waals surface area contributed by atoms with E-state index in [0.29, 0.717) is 5.56 Å². The van der Waals surface area contributed by atoms with Crippen LogP contribution in [0.1, 0.15) is 30.4 Å². The first-order chi connectivity index (χ1) is 8.72. The van der Waals surface area contributed by atoms with Crippen molar-refractivity contribution in [1.82, 2.24) is 4.90 Å². The van der Waals surface area contributed by atoms with E-state index in [4.69, 9.17) is 10.00 Å². The van der Waals surface area contributed by atoms with E-state index in [9.17, 15) is 0 Å². The van der Waals surface area contributed by atoms with Crippen molar-refractivity contribution in [3.05, 3.63) is 29.3 Å². The highest BCUT2D eigenvalue weighted by molar-refractivity contribution is 5.41. The van der Waals surface area contributed by atoms with Gasteiger partial charge in [-0.25, -0.2) is 0 Å². The SMILES string of the molecule is COc1ccc(C#N)cc1CN(C)CC1CCC1. The topological polar surface area (TPSA) is 36.3 Å². The molecule has 0 unspecified atom stereocenters. The van der Waals surface area contributed by atoms with Crippen LogP contribution in [0.2, 0.25) is 0 Å². The maximum Gasteiger partial charge on any atom is 0.123 e. The lowest BCUT2D eigenvalue weighted by Crippen LogP contribution is -2.29. The highest BCUT2D eigenvalue weighted by atomic mass is 16.5. The van der Waals surface area contributed by atoms with Gasteiger partial charge in [-0.3, -0.25) is 0 Å². The van der Waals surface area contributed by atoms with Crippen molar-refractivity contribution in [3.8, 4) is 11.8 Å². The standard InChI is InChI=1S/C15H20N2O/c1-17(10-12-4-3-5-12)11-14-8-13(9-16)6-7-15(14)18-2/h6-8,12H,3-5,10-11H2,1-2H3. The van der Waals surface area contributed by atoms with Crippen LogP contribution in [0.25, 0.3) is 0 Å². The molecule has 0 aliphatic heterocycles. The Morgan fingerprint density at radius 2 is 2.22 bits per heavy atom. The largest absolute Gasteiger partial charge is 0.496 e. The van der Waals surface area contributed by atoms with Crippen LogP contribution in [-0.4, -0.2) is 25.6 Å². The number of benzene rings is 1. The van der Waals surface area contributed by atoms with Crippen molar-refractivity contribution in [2.45, 2.75) is 25.8 Å². The summed E-state index contributed by atoms with van der Waals surface area (Å²) in [7, 11) is 3.81. The number of nitrogens with zero attached hydrogens (tertiary/aromatic N) is 2. The minimum atomic E-state index is 0.697. The highest BCUT2D eigenvalue weighted by Crippen LogP contribution is 2.28. The Morgan fingerprint density at radius 1 is 1.44 bits per heavy atom. The van der Waals surface area contributed by atoms with Gasteiger partial charge >= 0.3 is 0 Å². The third-order valence-electron chi connectivity index (χ3n) is 3.64. The van der Waals surface area contributed by atoms with E-state index >= 15 is 0 Å². The molecule has 1 aromatic rings. The molecule has 0 N–H and O–H groups in total. The van der Waals surface area contributed by atoms with Crippen LogP contribution in [0.3, 0.4) is 0 Å². The Hall–Kier alpha value is -1.53. The van der Waals surface area contributed by atoms with Gasteiger partial charge in [-0.05, 0) is 44.0 Å². The van der Waals surface area contributed by atoms with Gasteiger partial charge < -0.3 is 9.64 Å². The summed E-state index contributed by atoms with van der Waals surface area (Å²) in [5.41, 5.74) is 1.79. The number of methoxy groups -OCH3 is 1. The van der Waals surface area contributed by atoms with Crippen molar-refractivity contribution in [1.29, 1.82) is 5.26 Å². The molecule has 0 aromatic heterocycles. The molecule has 3 heteroatoms. The Kier molecular flexibility index (Phi) is 4.22. The first kappa shape index (κ1) is 12.9. The summed E-state index contributed by atoms with van der Waals surface area (Å²) in [4.78, 5) is 2.32. The van der Waals surface area contributed by atoms with E-state index in [-0.39, 0.29) is 0 Å². The van der Waals surface area contributed by atoms with Gasteiger partial charge in [0.2, 0.25) is 0 Å². The zero-order chi connectivity index (χ0) is 13.0. The molecular weight excluding hydrogens is 224 g/mol. The van der Waals surface area contributed by atoms with Gasteiger partial charge in [0.05, 0.1) is 18.7 Å². The van der Waals surface area contributed by atoms with Crippen LogP contribution in [0.5, 0.6) is 5.75 Å². The Balaban J connectivity index is 2.03. The monoisotopic (exact) mass is 244 g/mol. The molecule has 0 spiro atoms. The molecule has 96 valence electrons. The molecule has 0 amide bonds. The van der Waals surface area contributed by atoms with Gasteiger partial charge in [-0.2, -0.15) is 5.26 Å². The number of hydrogen-bond acceptors (Lipinski definition) is 3. The second kappa shape index (κ2) is 5.88. The zero-order valence-corrected chi connectivity index (χ0v) is 11.1. The highest BCUT2D eigenvalue weighted by Gasteiger charge is 2.19. The second-order valence-electron chi connectivity index (χ2n) is 5.13. The molecule has 0 saturated heterocycles. The van der Waals surface area contributed by atoms with Gasteiger partial charge in [0.25, 0.3) is 0 Å². The number of ether oxygens (including phenoxy) is 1. The first-order valence-electron chi connectivity index (χ1n) is 6.48. The minimum absolute atomic E-state index is 0.697. The van der Waals surface area contributed by atoms with Crippen LogP contribution in [0.4, 0.5) is 0 Å². The van der Waals surface area contributed by atoms with Crippen molar-refractivity contribution < 1.29 is 4.74 Å².